The first-order valence-corrected chi connectivity index (χ1v) is 6.19. The van der Waals surface area contributed by atoms with Crippen molar-refractivity contribution in [3.05, 3.63) is 35.9 Å². The van der Waals surface area contributed by atoms with Gasteiger partial charge in [-0.2, -0.15) is 4.98 Å². The molecule has 0 aliphatic carbocycles. The fourth-order valence-electron chi connectivity index (χ4n) is 1.27. The molecule has 0 atom stereocenters. The number of carbonyl (C=O) groups excluding carboxylic acids is 1. The molecule has 0 aliphatic rings. The van der Waals surface area contributed by atoms with E-state index in [0.29, 0.717) is 16.7 Å². The van der Waals surface area contributed by atoms with Gasteiger partial charge in [-0.25, -0.2) is 5.10 Å². The fourth-order valence-corrected chi connectivity index (χ4v) is 1.79. The van der Waals surface area contributed by atoms with E-state index >= 15 is 0 Å². The predicted molar refractivity (Wildman–Crippen MR) is 67.2 cm³/mol. The van der Waals surface area contributed by atoms with Crippen LogP contribution in [0.1, 0.15) is 17.3 Å². The van der Waals surface area contributed by atoms with E-state index in [1.165, 1.54) is 11.8 Å². The molecule has 2 N–H and O–H groups in total. The highest BCUT2D eigenvalue weighted by atomic mass is 32.2. The Balaban J connectivity index is 2.03. The minimum Gasteiger partial charge on any atom is -0.291 e. The Morgan fingerprint density at radius 3 is 2.88 bits per heavy atom. The Hall–Kier alpha value is -1.82. The summed E-state index contributed by atoms with van der Waals surface area (Å²) in [4.78, 5) is 15.9. The summed E-state index contributed by atoms with van der Waals surface area (Å²) in [6, 6.07) is 8.98. The van der Waals surface area contributed by atoms with Crippen LogP contribution in [0.2, 0.25) is 0 Å². The van der Waals surface area contributed by atoms with Gasteiger partial charge in [-0.1, -0.05) is 36.9 Å². The SMILES string of the molecule is CCSc1n[nH]c(NC(=O)c2ccccc2)n1. The van der Waals surface area contributed by atoms with Gasteiger partial charge in [-0.15, -0.1) is 5.10 Å². The number of amides is 1. The highest BCUT2D eigenvalue weighted by molar-refractivity contribution is 7.99. The lowest BCUT2D eigenvalue weighted by Gasteiger charge is -1.99. The number of rotatable bonds is 4. The number of anilines is 1. The number of aromatic amines is 1. The molecule has 0 radical (unpaired) electrons. The zero-order valence-electron chi connectivity index (χ0n) is 9.30. The number of hydrogen-bond acceptors (Lipinski definition) is 4. The molecule has 0 saturated heterocycles. The van der Waals surface area contributed by atoms with Crippen LogP contribution in [0.5, 0.6) is 0 Å². The summed E-state index contributed by atoms with van der Waals surface area (Å²) >= 11 is 1.51. The third-order valence-electron chi connectivity index (χ3n) is 2.01. The Bertz CT molecular complexity index is 497. The molecule has 5 nitrogen and oxygen atoms in total. The number of hydrogen-bond donors (Lipinski definition) is 2. The molecule has 6 heteroatoms. The molecule has 17 heavy (non-hydrogen) atoms. The minimum absolute atomic E-state index is 0.199. The van der Waals surface area contributed by atoms with E-state index in [1.807, 2.05) is 25.1 Å². The largest absolute Gasteiger partial charge is 0.291 e. The Morgan fingerprint density at radius 2 is 2.18 bits per heavy atom. The molecule has 0 saturated carbocycles. The molecule has 0 bridgehead atoms. The van der Waals surface area contributed by atoms with Crippen LogP contribution >= 0.6 is 11.8 Å². The molecule has 0 aliphatic heterocycles. The summed E-state index contributed by atoms with van der Waals surface area (Å²) in [6.45, 7) is 2.02. The van der Waals surface area contributed by atoms with Gasteiger partial charge in [0.15, 0.2) is 0 Å². The van der Waals surface area contributed by atoms with Gasteiger partial charge in [0.25, 0.3) is 5.91 Å². The van der Waals surface area contributed by atoms with Crippen molar-refractivity contribution in [1.29, 1.82) is 0 Å². The summed E-state index contributed by atoms with van der Waals surface area (Å²) < 4.78 is 0. The van der Waals surface area contributed by atoms with E-state index in [-0.39, 0.29) is 5.91 Å². The van der Waals surface area contributed by atoms with Gasteiger partial charge in [0.05, 0.1) is 0 Å². The fraction of sp³-hybridized carbons (Fsp3) is 0.182. The van der Waals surface area contributed by atoms with E-state index < -0.39 is 0 Å². The molecule has 2 aromatic rings. The van der Waals surface area contributed by atoms with Gasteiger partial charge in [0.1, 0.15) is 0 Å². The molecule has 0 spiro atoms. The van der Waals surface area contributed by atoms with E-state index in [0.717, 1.165) is 5.75 Å². The van der Waals surface area contributed by atoms with Crippen LogP contribution in [0.15, 0.2) is 35.5 Å². The second kappa shape index (κ2) is 5.49. The van der Waals surface area contributed by atoms with Gasteiger partial charge >= 0.3 is 0 Å². The average molecular weight is 248 g/mol. The summed E-state index contributed by atoms with van der Waals surface area (Å²) in [5.74, 6) is 1.06. The van der Waals surface area contributed by atoms with Crippen LogP contribution in [0.25, 0.3) is 0 Å². The van der Waals surface area contributed by atoms with E-state index in [1.54, 1.807) is 12.1 Å². The normalized spacial score (nSPS) is 10.2. The van der Waals surface area contributed by atoms with Crippen LogP contribution in [0.3, 0.4) is 0 Å². The van der Waals surface area contributed by atoms with E-state index in [2.05, 4.69) is 20.5 Å². The first-order chi connectivity index (χ1) is 8.29. The lowest BCUT2D eigenvalue weighted by molar-refractivity contribution is 0.102. The number of aromatic nitrogens is 3. The van der Waals surface area contributed by atoms with Gasteiger partial charge in [0.2, 0.25) is 11.1 Å². The van der Waals surface area contributed by atoms with Gasteiger partial charge in [0, 0.05) is 5.56 Å². The van der Waals surface area contributed by atoms with E-state index in [9.17, 15) is 4.79 Å². The number of nitrogens with zero attached hydrogens (tertiary/aromatic N) is 2. The highest BCUT2D eigenvalue weighted by Crippen LogP contribution is 2.13. The molecular formula is C11H12N4OS. The van der Waals surface area contributed by atoms with E-state index in [4.69, 9.17) is 0 Å². The molecule has 1 aromatic carbocycles. The number of benzene rings is 1. The second-order valence-electron chi connectivity index (χ2n) is 3.22. The van der Waals surface area contributed by atoms with Gasteiger partial charge in [-0.3, -0.25) is 10.1 Å². The maximum absolute atomic E-state index is 11.8. The smallest absolute Gasteiger partial charge is 0.258 e. The monoisotopic (exact) mass is 248 g/mol. The topological polar surface area (TPSA) is 70.7 Å². The summed E-state index contributed by atoms with van der Waals surface area (Å²) in [6.07, 6.45) is 0. The van der Waals surface area contributed by atoms with Crippen molar-refractivity contribution in [2.45, 2.75) is 12.1 Å². The summed E-state index contributed by atoms with van der Waals surface area (Å²) in [5.41, 5.74) is 0.591. The minimum atomic E-state index is -0.199. The average Bonchev–Trinajstić information content (AvgIpc) is 2.78. The van der Waals surface area contributed by atoms with Gasteiger partial charge in [-0.05, 0) is 17.9 Å². The summed E-state index contributed by atoms with van der Waals surface area (Å²) in [5, 5.41) is 9.93. The highest BCUT2D eigenvalue weighted by Gasteiger charge is 2.08. The second-order valence-corrected chi connectivity index (χ2v) is 4.45. The van der Waals surface area contributed by atoms with Crippen LogP contribution in [-0.4, -0.2) is 26.8 Å². The standard InChI is InChI=1S/C11H12N4OS/c1-2-17-11-13-10(14-15-11)12-9(16)8-6-4-3-5-7-8/h3-7H,2H2,1H3,(H2,12,13,14,15,16). The predicted octanol–water partition coefficient (Wildman–Crippen LogP) is 2.17. The molecular weight excluding hydrogens is 236 g/mol. The van der Waals surface area contributed by atoms with Crippen LogP contribution in [-0.2, 0) is 0 Å². The molecule has 1 heterocycles. The molecule has 1 amide bonds. The lowest BCUT2D eigenvalue weighted by atomic mass is 10.2. The lowest BCUT2D eigenvalue weighted by Crippen LogP contribution is -2.12. The van der Waals surface area contributed by atoms with Gasteiger partial charge < -0.3 is 0 Å². The maximum atomic E-state index is 11.8. The molecule has 0 fully saturated rings. The number of thioether (sulfide) groups is 1. The van der Waals surface area contributed by atoms with Crippen LogP contribution in [0, 0.1) is 0 Å². The third-order valence-corrected chi connectivity index (χ3v) is 2.74. The Labute approximate surface area is 103 Å². The quantitative estimate of drug-likeness (QED) is 0.813. The summed E-state index contributed by atoms with van der Waals surface area (Å²) in [7, 11) is 0. The third kappa shape index (κ3) is 3.07. The van der Waals surface area contributed by atoms with Crippen molar-refractivity contribution in [2.24, 2.45) is 0 Å². The number of carbonyl (C=O) groups is 1. The zero-order chi connectivity index (χ0) is 12.1. The zero-order valence-corrected chi connectivity index (χ0v) is 10.1. The van der Waals surface area contributed by atoms with Crippen molar-refractivity contribution in [3.63, 3.8) is 0 Å². The van der Waals surface area contributed by atoms with Crippen LogP contribution in [0.4, 0.5) is 5.95 Å². The first-order valence-electron chi connectivity index (χ1n) is 5.21. The molecule has 88 valence electrons. The first kappa shape index (κ1) is 11.7. The van der Waals surface area contributed by atoms with Crippen molar-refractivity contribution in [1.82, 2.24) is 15.2 Å². The van der Waals surface area contributed by atoms with Crippen molar-refractivity contribution < 1.29 is 4.79 Å². The van der Waals surface area contributed by atoms with Crippen LogP contribution < -0.4 is 5.32 Å². The van der Waals surface area contributed by atoms with Crippen molar-refractivity contribution >= 4 is 23.6 Å². The number of H-pyrrole nitrogens is 1. The number of nitrogens with one attached hydrogen (secondary N) is 2. The maximum Gasteiger partial charge on any atom is 0.258 e. The van der Waals surface area contributed by atoms with Crippen molar-refractivity contribution in [2.75, 3.05) is 11.1 Å². The van der Waals surface area contributed by atoms with Crippen molar-refractivity contribution in [3.8, 4) is 0 Å². The molecule has 1 aromatic heterocycles. The molecule has 0 unspecified atom stereocenters. The molecule has 2 rings (SSSR count). The Morgan fingerprint density at radius 1 is 1.41 bits per heavy atom. The Kier molecular flexibility index (Phi) is 3.77.